The second kappa shape index (κ2) is 4.87. The van der Waals surface area contributed by atoms with Crippen molar-refractivity contribution in [1.82, 2.24) is 0 Å². The van der Waals surface area contributed by atoms with Crippen molar-refractivity contribution in [2.75, 3.05) is 0 Å². The summed E-state index contributed by atoms with van der Waals surface area (Å²) in [6.45, 7) is 0. The Morgan fingerprint density at radius 3 is 2.19 bits per heavy atom. The molecule has 0 fully saturated rings. The molecule has 0 saturated heterocycles. The molecule has 0 atom stereocenters. The summed E-state index contributed by atoms with van der Waals surface area (Å²) in [5.74, 6) is -0.181. The van der Waals surface area contributed by atoms with E-state index in [0.717, 1.165) is 17.2 Å². The van der Waals surface area contributed by atoms with E-state index in [-0.39, 0.29) is 10.6 Å². The topological polar surface area (TPSA) is 74.6 Å². The van der Waals surface area contributed by atoms with Crippen molar-refractivity contribution in [3.05, 3.63) is 60.7 Å². The summed E-state index contributed by atoms with van der Waals surface area (Å²) in [6.07, 6.45) is 0. The molecule has 0 aromatic heterocycles. The fourth-order valence-corrected chi connectivity index (χ4v) is 2.82. The molecule has 0 spiro atoms. The van der Waals surface area contributed by atoms with Gasteiger partial charge in [0.2, 0.25) is 0 Å². The summed E-state index contributed by atoms with van der Waals surface area (Å²) in [4.78, 5) is -0.322. The first-order valence-electron chi connectivity index (χ1n) is 6.25. The Bertz CT molecular complexity index is 916. The normalized spacial score (nSPS) is 11.7. The molecule has 3 aromatic carbocycles. The number of hydrogen-bond donors (Lipinski definition) is 2. The maximum atomic E-state index is 11.2. The number of benzene rings is 3. The summed E-state index contributed by atoms with van der Waals surface area (Å²) < 4.78 is 31.6. The van der Waals surface area contributed by atoms with Crippen LogP contribution in [0.25, 0.3) is 21.9 Å². The van der Waals surface area contributed by atoms with Crippen molar-refractivity contribution >= 4 is 20.9 Å². The molecule has 3 rings (SSSR count). The van der Waals surface area contributed by atoms with E-state index >= 15 is 0 Å². The van der Waals surface area contributed by atoms with Crippen LogP contribution in [0, 0.1) is 0 Å². The maximum absolute atomic E-state index is 11.2. The van der Waals surface area contributed by atoms with Crippen molar-refractivity contribution in [2.24, 2.45) is 0 Å². The molecule has 4 nitrogen and oxygen atoms in total. The molecule has 0 bridgehead atoms. The van der Waals surface area contributed by atoms with Gasteiger partial charge in [-0.05, 0) is 28.6 Å². The van der Waals surface area contributed by atoms with Gasteiger partial charge in [-0.25, -0.2) is 0 Å². The van der Waals surface area contributed by atoms with Gasteiger partial charge in [-0.1, -0.05) is 42.5 Å². The largest absolute Gasteiger partial charge is 0.507 e. The van der Waals surface area contributed by atoms with Crippen LogP contribution in [0.3, 0.4) is 0 Å². The van der Waals surface area contributed by atoms with E-state index in [0.29, 0.717) is 10.8 Å². The number of aromatic hydroxyl groups is 1. The zero-order valence-corrected chi connectivity index (χ0v) is 11.7. The number of fused-ring (bicyclic) bond motifs is 1. The lowest BCUT2D eigenvalue weighted by Gasteiger charge is -2.07. The Kier molecular flexibility index (Phi) is 3.16. The minimum Gasteiger partial charge on any atom is -0.507 e. The fraction of sp³-hybridized carbons (Fsp3) is 0. The maximum Gasteiger partial charge on any atom is 0.294 e. The molecule has 0 amide bonds. The van der Waals surface area contributed by atoms with Gasteiger partial charge in [-0.3, -0.25) is 4.55 Å². The Morgan fingerprint density at radius 2 is 1.52 bits per heavy atom. The molecule has 0 aliphatic carbocycles. The van der Waals surface area contributed by atoms with E-state index < -0.39 is 10.1 Å². The van der Waals surface area contributed by atoms with E-state index in [1.165, 1.54) is 6.07 Å². The van der Waals surface area contributed by atoms with Crippen molar-refractivity contribution < 1.29 is 18.1 Å². The second-order valence-electron chi connectivity index (χ2n) is 4.72. The van der Waals surface area contributed by atoms with Crippen molar-refractivity contribution in [3.8, 4) is 16.9 Å². The van der Waals surface area contributed by atoms with E-state index in [4.69, 9.17) is 4.55 Å². The monoisotopic (exact) mass is 300 g/mol. The van der Waals surface area contributed by atoms with E-state index in [1.807, 2.05) is 36.4 Å². The first-order chi connectivity index (χ1) is 9.95. The van der Waals surface area contributed by atoms with Gasteiger partial charge in [0, 0.05) is 11.5 Å². The molecule has 0 aliphatic heterocycles. The highest BCUT2D eigenvalue weighted by Crippen LogP contribution is 2.32. The third kappa shape index (κ3) is 2.61. The van der Waals surface area contributed by atoms with Gasteiger partial charge in [0.15, 0.2) is 0 Å². The van der Waals surface area contributed by atoms with Crippen LogP contribution < -0.4 is 0 Å². The molecular formula is C16H12O4S. The van der Waals surface area contributed by atoms with Crippen LogP contribution >= 0.6 is 0 Å². The predicted molar refractivity (Wildman–Crippen MR) is 80.9 cm³/mol. The van der Waals surface area contributed by atoms with Crippen LogP contribution in [0.2, 0.25) is 0 Å². The second-order valence-corrected chi connectivity index (χ2v) is 6.14. The van der Waals surface area contributed by atoms with Gasteiger partial charge in [0.25, 0.3) is 10.1 Å². The lowest BCUT2D eigenvalue weighted by Crippen LogP contribution is -1.97. The van der Waals surface area contributed by atoms with Gasteiger partial charge in [-0.15, -0.1) is 0 Å². The average Bonchev–Trinajstić information content (AvgIpc) is 2.46. The van der Waals surface area contributed by atoms with Crippen LogP contribution in [0.5, 0.6) is 5.75 Å². The zero-order valence-electron chi connectivity index (χ0n) is 10.9. The molecule has 0 saturated carbocycles. The Hall–Kier alpha value is -2.37. The third-order valence-electron chi connectivity index (χ3n) is 3.31. The summed E-state index contributed by atoms with van der Waals surface area (Å²) in [5.41, 5.74) is 1.88. The Balaban J connectivity index is 2.26. The first-order valence-corrected chi connectivity index (χ1v) is 7.69. The van der Waals surface area contributed by atoms with Gasteiger partial charge in [0.1, 0.15) is 5.75 Å². The minimum absolute atomic E-state index is 0.181. The number of phenolic OH excluding ortho intramolecular Hbond substituents is 1. The molecule has 0 unspecified atom stereocenters. The number of rotatable bonds is 2. The van der Waals surface area contributed by atoms with E-state index in [9.17, 15) is 13.5 Å². The molecule has 21 heavy (non-hydrogen) atoms. The Morgan fingerprint density at radius 1 is 0.810 bits per heavy atom. The number of hydrogen-bond acceptors (Lipinski definition) is 3. The van der Waals surface area contributed by atoms with Crippen LogP contribution in [0.1, 0.15) is 0 Å². The highest BCUT2D eigenvalue weighted by molar-refractivity contribution is 7.85. The lowest BCUT2D eigenvalue weighted by atomic mass is 10.0. The molecule has 2 N–H and O–H groups in total. The molecule has 106 valence electrons. The van der Waals surface area contributed by atoms with Crippen LogP contribution in [0.15, 0.2) is 65.6 Å². The standard InChI is InChI=1S/C16H12O4S/c17-16-10-14(21(18,19)20)9-13-8-12(6-7-15(13)16)11-4-2-1-3-5-11/h1-10,17H,(H,18,19,20). The molecular weight excluding hydrogens is 288 g/mol. The van der Waals surface area contributed by atoms with Crippen molar-refractivity contribution in [1.29, 1.82) is 0 Å². The zero-order chi connectivity index (χ0) is 15.0. The molecule has 5 heteroatoms. The minimum atomic E-state index is -4.35. The number of phenols is 1. The molecule has 0 heterocycles. The first kappa shape index (κ1) is 13.6. The van der Waals surface area contributed by atoms with Crippen LogP contribution in [-0.2, 0) is 10.1 Å². The summed E-state index contributed by atoms with van der Waals surface area (Å²) >= 11 is 0. The summed E-state index contributed by atoms with van der Waals surface area (Å²) in [7, 11) is -4.35. The van der Waals surface area contributed by atoms with Crippen molar-refractivity contribution in [2.45, 2.75) is 4.90 Å². The third-order valence-corrected chi connectivity index (χ3v) is 4.14. The fourth-order valence-electron chi connectivity index (χ4n) is 2.28. The van der Waals surface area contributed by atoms with Gasteiger partial charge in [-0.2, -0.15) is 8.42 Å². The SMILES string of the molecule is O=S(=O)(O)c1cc(O)c2ccc(-c3ccccc3)cc2c1. The van der Waals surface area contributed by atoms with Crippen LogP contribution in [0.4, 0.5) is 0 Å². The predicted octanol–water partition coefficient (Wildman–Crippen LogP) is 3.46. The summed E-state index contributed by atoms with van der Waals surface area (Å²) in [5, 5.41) is 11.0. The highest BCUT2D eigenvalue weighted by Gasteiger charge is 2.13. The smallest absolute Gasteiger partial charge is 0.294 e. The summed E-state index contributed by atoms with van der Waals surface area (Å²) in [6, 6.07) is 17.3. The molecule has 0 aliphatic rings. The van der Waals surface area contributed by atoms with Gasteiger partial charge >= 0.3 is 0 Å². The molecule has 0 radical (unpaired) electrons. The van der Waals surface area contributed by atoms with E-state index in [2.05, 4.69) is 0 Å². The molecule has 3 aromatic rings. The van der Waals surface area contributed by atoms with Crippen LogP contribution in [-0.4, -0.2) is 18.1 Å². The quantitative estimate of drug-likeness (QED) is 0.711. The Labute approximate surface area is 122 Å². The van der Waals surface area contributed by atoms with Gasteiger partial charge < -0.3 is 5.11 Å². The average molecular weight is 300 g/mol. The lowest BCUT2D eigenvalue weighted by molar-refractivity contribution is 0.471. The van der Waals surface area contributed by atoms with Crippen molar-refractivity contribution in [3.63, 3.8) is 0 Å². The highest BCUT2D eigenvalue weighted by atomic mass is 32.2. The van der Waals surface area contributed by atoms with E-state index in [1.54, 1.807) is 12.1 Å². The van der Waals surface area contributed by atoms with Gasteiger partial charge in [0.05, 0.1) is 4.90 Å².